The predicted molar refractivity (Wildman–Crippen MR) is 109 cm³/mol. The summed E-state index contributed by atoms with van der Waals surface area (Å²) in [4.78, 5) is 4.58. The molecule has 26 heavy (non-hydrogen) atoms. The van der Waals surface area contributed by atoms with Gasteiger partial charge in [-0.1, -0.05) is 0 Å². The summed E-state index contributed by atoms with van der Waals surface area (Å²) in [5.74, 6) is 1.24. The van der Waals surface area contributed by atoms with Crippen LogP contribution < -0.4 is 15.4 Å². The summed E-state index contributed by atoms with van der Waals surface area (Å²) < 4.78 is 30.1. The maximum absolute atomic E-state index is 13.8. The van der Waals surface area contributed by atoms with Crippen LogP contribution in [0.5, 0.6) is 5.75 Å². The van der Waals surface area contributed by atoms with Crippen molar-refractivity contribution in [3.63, 3.8) is 0 Å². The summed E-state index contributed by atoms with van der Waals surface area (Å²) in [6, 6.07) is 3.00. The molecule has 0 aliphatic carbocycles. The summed E-state index contributed by atoms with van der Waals surface area (Å²) >= 11 is 0. The average molecular weight is 479 g/mol. The Bertz CT molecular complexity index is 610. The van der Waals surface area contributed by atoms with Gasteiger partial charge in [0.1, 0.15) is 11.6 Å². The van der Waals surface area contributed by atoms with Crippen LogP contribution >= 0.6 is 24.0 Å². The lowest BCUT2D eigenvalue weighted by atomic mass is 10.1. The van der Waals surface area contributed by atoms with E-state index in [1.165, 1.54) is 12.1 Å². The van der Waals surface area contributed by atoms with Gasteiger partial charge in [0.2, 0.25) is 0 Å². The van der Waals surface area contributed by atoms with Crippen molar-refractivity contribution >= 4 is 29.9 Å². The van der Waals surface area contributed by atoms with Gasteiger partial charge in [0, 0.05) is 25.3 Å². The SMILES string of the molecule is CCNC(=NCC1CCCO1)NCCc1cc(F)cc2c1OCOC2.I. The molecule has 146 valence electrons. The molecule has 2 aliphatic heterocycles. The molecule has 8 heteroatoms. The zero-order valence-corrected chi connectivity index (χ0v) is 17.4. The Kier molecular flexibility index (Phi) is 8.86. The fourth-order valence-corrected chi connectivity index (χ4v) is 3.08. The van der Waals surface area contributed by atoms with E-state index in [4.69, 9.17) is 14.2 Å². The lowest BCUT2D eigenvalue weighted by molar-refractivity contribution is -0.0172. The molecule has 2 aliphatic rings. The Balaban J connectivity index is 0.00000243. The van der Waals surface area contributed by atoms with E-state index >= 15 is 0 Å². The van der Waals surface area contributed by atoms with Crippen LogP contribution in [0.1, 0.15) is 30.9 Å². The first-order valence-corrected chi connectivity index (χ1v) is 8.92. The number of nitrogens with zero attached hydrogens (tertiary/aromatic N) is 1. The summed E-state index contributed by atoms with van der Waals surface area (Å²) in [5, 5.41) is 6.52. The molecule has 1 aromatic rings. The molecule has 2 N–H and O–H groups in total. The summed E-state index contributed by atoms with van der Waals surface area (Å²) in [7, 11) is 0. The van der Waals surface area contributed by atoms with Gasteiger partial charge in [-0.2, -0.15) is 0 Å². The Hall–Kier alpha value is -1.13. The second-order valence-electron chi connectivity index (χ2n) is 6.20. The van der Waals surface area contributed by atoms with Crippen molar-refractivity contribution in [2.45, 2.75) is 38.9 Å². The normalized spacial score (nSPS) is 19.3. The molecule has 1 aromatic carbocycles. The van der Waals surface area contributed by atoms with Crippen LogP contribution in [-0.2, 0) is 22.5 Å². The number of aliphatic imine (C=N–C) groups is 1. The smallest absolute Gasteiger partial charge is 0.191 e. The Morgan fingerprint density at radius 3 is 3.00 bits per heavy atom. The second-order valence-corrected chi connectivity index (χ2v) is 6.20. The molecule has 1 fully saturated rings. The summed E-state index contributed by atoms with van der Waals surface area (Å²) in [5.41, 5.74) is 1.61. The minimum atomic E-state index is -0.262. The van der Waals surface area contributed by atoms with E-state index in [0.29, 0.717) is 26.1 Å². The molecule has 1 atom stereocenters. The van der Waals surface area contributed by atoms with Crippen molar-refractivity contribution in [1.29, 1.82) is 0 Å². The highest BCUT2D eigenvalue weighted by atomic mass is 127. The summed E-state index contributed by atoms with van der Waals surface area (Å²) in [6.45, 7) is 5.54. The number of fused-ring (bicyclic) bond motifs is 1. The fraction of sp³-hybridized carbons (Fsp3) is 0.611. The van der Waals surface area contributed by atoms with Gasteiger partial charge >= 0.3 is 0 Å². The molecule has 1 saturated heterocycles. The average Bonchev–Trinajstić information content (AvgIpc) is 3.13. The lowest BCUT2D eigenvalue weighted by Gasteiger charge is -2.21. The van der Waals surface area contributed by atoms with Crippen molar-refractivity contribution in [2.24, 2.45) is 4.99 Å². The van der Waals surface area contributed by atoms with Crippen molar-refractivity contribution < 1.29 is 18.6 Å². The Morgan fingerprint density at radius 2 is 2.23 bits per heavy atom. The molecule has 6 nitrogen and oxygen atoms in total. The van der Waals surface area contributed by atoms with Crippen molar-refractivity contribution in [3.05, 3.63) is 29.1 Å². The van der Waals surface area contributed by atoms with E-state index < -0.39 is 0 Å². The van der Waals surface area contributed by atoms with Crippen LogP contribution in [0.25, 0.3) is 0 Å². The lowest BCUT2D eigenvalue weighted by Crippen LogP contribution is -2.39. The fourth-order valence-electron chi connectivity index (χ4n) is 3.08. The molecule has 0 amide bonds. The minimum Gasteiger partial charge on any atom is -0.467 e. The quantitative estimate of drug-likeness (QED) is 0.373. The standard InChI is InChI=1S/C18H26FN3O3.HI/c1-2-20-18(22-10-16-4-3-7-24-16)21-6-5-13-8-15(19)9-14-11-23-12-25-17(13)14;/h8-9,16H,2-7,10-12H2,1H3,(H2,20,21,22);1H. The van der Waals surface area contributed by atoms with Gasteiger partial charge in [-0.25, -0.2) is 4.39 Å². The van der Waals surface area contributed by atoms with Crippen molar-refractivity contribution in [2.75, 3.05) is 33.0 Å². The molecule has 0 aromatic heterocycles. The minimum absolute atomic E-state index is 0. The molecule has 2 heterocycles. The van der Waals surface area contributed by atoms with E-state index in [1.54, 1.807) is 0 Å². The van der Waals surface area contributed by atoms with E-state index in [0.717, 1.165) is 48.8 Å². The van der Waals surface area contributed by atoms with E-state index in [9.17, 15) is 4.39 Å². The second kappa shape index (κ2) is 10.9. The van der Waals surface area contributed by atoms with Crippen LogP contribution in [-0.4, -0.2) is 45.1 Å². The van der Waals surface area contributed by atoms with E-state index in [2.05, 4.69) is 15.6 Å². The largest absolute Gasteiger partial charge is 0.467 e. The van der Waals surface area contributed by atoms with Gasteiger partial charge in [0.15, 0.2) is 12.8 Å². The maximum atomic E-state index is 13.8. The highest BCUT2D eigenvalue weighted by molar-refractivity contribution is 14.0. The number of hydrogen-bond donors (Lipinski definition) is 2. The van der Waals surface area contributed by atoms with Crippen LogP contribution in [0.3, 0.4) is 0 Å². The van der Waals surface area contributed by atoms with Gasteiger partial charge in [0.25, 0.3) is 0 Å². The first-order valence-electron chi connectivity index (χ1n) is 8.92. The van der Waals surface area contributed by atoms with E-state index in [-0.39, 0.29) is 42.7 Å². The van der Waals surface area contributed by atoms with Gasteiger partial charge in [0.05, 0.1) is 19.3 Å². The summed E-state index contributed by atoms with van der Waals surface area (Å²) in [6.07, 6.45) is 3.04. The number of nitrogens with one attached hydrogen (secondary N) is 2. The molecule has 0 bridgehead atoms. The maximum Gasteiger partial charge on any atom is 0.191 e. The van der Waals surface area contributed by atoms with Crippen LogP contribution in [0.4, 0.5) is 4.39 Å². The van der Waals surface area contributed by atoms with E-state index in [1.807, 2.05) is 6.92 Å². The molecule has 3 rings (SSSR count). The molecule has 0 spiro atoms. The topological polar surface area (TPSA) is 64.1 Å². The molecular formula is C18H27FIN3O3. The molecular weight excluding hydrogens is 452 g/mol. The zero-order valence-electron chi connectivity index (χ0n) is 15.1. The number of halogens is 2. The zero-order chi connectivity index (χ0) is 17.5. The van der Waals surface area contributed by atoms with Gasteiger partial charge in [-0.3, -0.25) is 4.99 Å². The highest BCUT2D eigenvalue weighted by Gasteiger charge is 2.17. The third-order valence-electron chi connectivity index (χ3n) is 4.26. The Labute approximate surface area is 170 Å². The Morgan fingerprint density at radius 1 is 1.35 bits per heavy atom. The first kappa shape index (κ1) is 21.2. The number of hydrogen-bond acceptors (Lipinski definition) is 4. The monoisotopic (exact) mass is 479 g/mol. The number of guanidine groups is 1. The van der Waals surface area contributed by atoms with Gasteiger partial charge in [-0.05, 0) is 43.9 Å². The third kappa shape index (κ3) is 5.95. The molecule has 1 unspecified atom stereocenters. The third-order valence-corrected chi connectivity index (χ3v) is 4.26. The number of rotatable bonds is 6. The molecule has 0 radical (unpaired) electrons. The number of ether oxygens (including phenoxy) is 3. The number of benzene rings is 1. The highest BCUT2D eigenvalue weighted by Crippen LogP contribution is 2.29. The van der Waals surface area contributed by atoms with Gasteiger partial charge < -0.3 is 24.8 Å². The van der Waals surface area contributed by atoms with Crippen LogP contribution in [0.2, 0.25) is 0 Å². The first-order chi connectivity index (χ1) is 12.3. The predicted octanol–water partition coefficient (Wildman–Crippen LogP) is 2.59. The van der Waals surface area contributed by atoms with Crippen molar-refractivity contribution in [3.8, 4) is 5.75 Å². The van der Waals surface area contributed by atoms with Crippen molar-refractivity contribution in [1.82, 2.24) is 10.6 Å². The van der Waals surface area contributed by atoms with Crippen LogP contribution in [0.15, 0.2) is 17.1 Å². The molecule has 0 saturated carbocycles. The van der Waals surface area contributed by atoms with Gasteiger partial charge in [-0.15, -0.1) is 24.0 Å². The van der Waals surface area contributed by atoms with Crippen LogP contribution in [0, 0.1) is 5.82 Å².